The largest absolute Gasteiger partial charge is 0.497 e. The number of nitrogens with zero attached hydrogens (tertiary/aromatic N) is 1. The van der Waals surface area contributed by atoms with Gasteiger partial charge in [0, 0.05) is 6.54 Å². The number of sulfonamides is 1. The molecule has 0 aliphatic heterocycles. The predicted octanol–water partition coefficient (Wildman–Crippen LogP) is 2.67. The Hall–Kier alpha value is -2.38. The zero-order valence-corrected chi connectivity index (χ0v) is 14.6. The number of hydrogen-bond acceptors (Lipinski definition) is 4. The van der Waals surface area contributed by atoms with Crippen molar-refractivity contribution < 1.29 is 13.2 Å². The Labute approximate surface area is 140 Å². The van der Waals surface area contributed by atoms with Gasteiger partial charge in [-0.05, 0) is 54.8 Å². The highest BCUT2D eigenvalue weighted by atomic mass is 32.2. The van der Waals surface area contributed by atoms with Crippen LogP contribution in [0, 0.1) is 13.8 Å². The van der Waals surface area contributed by atoms with E-state index < -0.39 is 10.0 Å². The van der Waals surface area contributed by atoms with Gasteiger partial charge >= 0.3 is 0 Å². The molecule has 3 rings (SSSR count). The fraction of sp³-hybridized carbons (Fsp3) is 0.235. The first-order valence-electron chi connectivity index (χ1n) is 7.47. The lowest BCUT2D eigenvalue weighted by atomic mass is 10.1. The number of aryl methyl sites for hydroxylation is 2. The molecule has 24 heavy (non-hydrogen) atoms. The molecule has 1 aromatic heterocycles. The fourth-order valence-corrected chi connectivity index (χ4v) is 4.26. The zero-order chi connectivity index (χ0) is 17.3. The van der Waals surface area contributed by atoms with Crippen LogP contribution >= 0.6 is 0 Å². The molecule has 0 spiro atoms. The van der Waals surface area contributed by atoms with E-state index in [1.807, 2.05) is 18.2 Å². The van der Waals surface area contributed by atoms with Gasteiger partial charge < -0.3 is 9.72 Å². The Bertz CT molecular complexity index is 970. The summed E-state index contributed by atoms with van der Waals surface area (Å²) in [6, 6.07) is 9.05. The van der Waals surface area contributed by atoms with Crippen LogP contribution in [-0.2, 0) is 16.6 Å². The van der Waals surface area contributed by atoms with Gasteiger partial charge in [0.05, 0.1) is 29.4 Å². The molecule has 1 heterocycles. The molecule has 6 nitrogen and oxygen atoms in total. The number of methoxy groups -OCH3 is 1. The zero-order valence-electron chi connectivity index (χ0n) is 13.8. The second kappa shape index (κ2) is 6.26. The van der Waals surface area contributed by atoms with Gasteiger partial charge in [0.2, 0.25) is 10.0 Å². The van der Waals surface area contributed by atoms with Crippen LogP contribution in [0.3, 0.4) is 0 Å². The highest BCUT2D eigenvalue weighted by Crippen LogP contribution is 2.25. The SMILES string of the molecule is COc1cc(C)c(S(=O)(=O)NCc2ccc3nc[nH]c3c2)c(C)c1. The molecular formula is C17H19N3O3S. The lowest BCUT2D eigenvalue weighted by molar-refractivity contribution is 0.413. The average Bonchev–Trinajstić information content (AvgIpc) is 2.99. The molecule has 7 heteroatoms. The first-order chi connectivity index (χ1) is 11.4. The standard InChI is InChI=1S/C17H19N3O3S/c1-11-6-14(23-3)7-12(2)17(11)24(21,22)20-9-13-4-5-15-16(8-13)19-10-18-15/h4-8,10,20H,9H2,1-3H3,(H,18,19). The Morgan fingerprint density at radius 2 is 1.88 bits per heavy atom. The minimum Gasteiger partial charge on any atom is -0.497 e. The van der Waals surface area contributed by atoms with E-state index in [0.717, 1.165) is 16.6 Å². The van der Waals surface area contributed by atoms with Crippen molar-refractivity contribution in [3.8, 4) is 5.75 Å². The number of nitrogens with one attached hydrogen (secondary N) is 2. The number of fused-ring (bicyclic) bond motifs is 1. The third kappa shape index (κ3) is 3.13. The van der Waals surface area contributed by atoms with Gasteiger partial charge in [-0.15, -0.1) is 0 Å². The Kier molecular flexibility index (Phi) is 4.29. The normalized spacial score (nSPS) is 11.8. The number of hydrogen-bond donors (Lipinski definition) is 2. The predicted molar refractivity (Wildman–Crippen MR) is 92.6 cm³/mol. The molecule has 0 atom stereocenters. The monoisotopic (exact) mass is 345 g/mol. The van der Waals surface area contributed by atoms with E-state index in [4.69, 9.17) is 4.74 Å². The lowest BCUT2D eigenvalue weighted by Crippen LogP contribution is -2.24. The maximum atomic E-state index is 12.7. The topological polar surface area (TPSA) is 84.1 Å². The van der Waals surface area contributed by atoms with E-state index in [9.17, 15) is 8.42 Å². The van der Waals surface area contributed by atoms with E-state index >= 15 is 0 Å². The summed E-state index contributed by atoms with van der Waals surface area (Å²) in [5, 5.41) is 0. The van der Waals surface area contributed by atoms with Gasteiger partial charge in [-0.25, -0.2) is 18.1 Å². The van der Waals surface area contributed by atoms with Gasteiger partial charge in [0.15, 0.2) is 0 Å². The second-order valence-corrected chi connectivity index (χ2v) is 7.37. The van der Waals surface area contributed by atoms with Crippen LogP contribution in [-0.4, -0.2) is 25.5 Å². The van der Waals surface area contributed by atoms with Crippen LogP contribution in [0.5, 0.6) is 5.75 Å². The van der Waals surface area contributed by atoms with E-state index in [2.05, 4.69) is 14.7 Å². The fourth-order valence-electron chi connectivity index (χ4n) is 2.80. The van der Waals surface area contributed by atoms with E-state index in [0.29, 0.717) is 21.8 Å². The Morgan fingerprint density at radius 3 is 2.54 bits per heavy atom. The molecule has 0 aliphatic rings. The number of benzene rings is 2. The van der Waals surface area contributed by atoms with Crippen LogP contribution in [0.15, 0.2) is 41.6 Å². The molecule has 126 valence electrons. The number of ether oxygens (including phenoxy) is 1. The number of aromatic amines is 1. The van der Waals surface area contributed by atoms with E-state index in [1.165, 1.54) is 0 Å². The molecule has 0 aliphatic carbocycles. The molecule has 2 aromatic carbocycles. The lowest BCUT2D eigenvalue weighted by Gasteiger charge is -2.13. The molecule has 0 fully saturated rings. The summed E-state index contributed by atoms with van der Waals surface area (Å²) in [7, 11) is -2.05. The smallest absolute Gasteiger partial charge is 0.241 e. The molecule has 0 saturated carbocycles. The Morgan fingerprint density at radius 1 is 1.17 bits per heavy atom. The summed E-state index contributed by atoms with van der Waals surface area (Å²) in [6.07, 6.45) is 1.61. The molecule has 0 bridgehead atoms. The van der Waals surface area contributed by atoms with Crippen LogP contribution in [0.4, 0.5) is 0 Å². The number of rotatable bonds is 5. The van der Waals surface area contributed by atoms with Crippen molar-refractivity contribution in [1.29, 1.82) is 0 Å². The minimum absolute atomic E-state index is 0.211. The minimum atomic E-state index is -3.62. The van der Waals surface area contributed by atoms with Crippen molar-refractivity contribution in [1.82, 2.24) is 14.7 Å². The third-order valence-corrected chi connectivity index (χ3v) is 5.60. The number of aromatic nitrogens is 2. The van der Waals surface area contributed by atoms with Crippen molar-refractivity contribution in [2.45, 2.75) is 25.3 Å². The quantitative estimate of drug-likeness (QED) is 0.744. The van der Waals surface area contributed by atoms with Crippen LogP contribution < -0.4 is 9.46 Å². The third-order valence-electron chi connectivity index (χ3n) is 3.89. The molecule has 0 saturated heterocycles. The van der Waals surface area contributed by atoms with Gasteiger partial charge in [-0.3, -0.25) is 0 Å². The van der Waals surface area contributed by atoms with E-state index in [-0.39, 0.29) is 6.54 Å². The van der Waals surface area contributed by atoms with Crippen molar-refractivity contribution in [2.24, 2.45) is 0 Å². The summed E-state index contributed by atoms with van der Waals surface area (Å²) in [6.45, 7) is 3.74. The first-order valence-corrected chi connectivity index (χ1v) is 8.96. The van der Waals surface area contributed by atoms with Crippen molar-refractivity contribution >= 4 is 21.1 Å². The second-order valence-electron chi connectivity index (χ2n) is 5.67. The summed E-state index contributed by atoms with van der Waals surface area (Å²) >= 11 is 0. The van der Waals surface area contributed by atoms with E-state index in [1.54, 1.807) is 39.4 Å². The van der Waals surface area contributed by atoms with Crippen molar-refractivity contribution in [2.75, 3.05) is 7.11 Å². The van der Waals surface area contributed by atoms with Crippen LogP contribution in [0.25, 0.3) is 11.0 Å². The summed E-state index contributed by atoms with van der Waals surface area (Å²) in [5.41, 5.74) is 3.90. The maximum absolute atomic E-state index is 12.7. The van der Waals surface area contributed by atoms with Crippen LogP contribution in [0.2, 0.25) is 0 Å². The highest BCUT2D eigenvalue weighted by molar-refractivity contribution is 7.89. The molecule has 3 aromatic rings. The number of H-pyrrole nitrogens is 1. The first kappa shape index (κ1) is 16.5. The van der Waals surface area contributed by atoms with Gasteiger partial charge in [-0.1, -0.05) is 6.07 Å². The molecule has 2 N–H and O–H groups in total. The summed E-state index contributed by atoms with van der Waals surface area (Å²) in [5.74, 6) is 0.647. The molecule has 0 amide bonds. The van der Waals surface area contributed by atoms with Gasteiger partial charge in [0.25, 0.3) is 0 Å². The molecule has 0 unspecified atom stereocenters. The molecular weight excluding hydrogens is 326 g/mol. The van der Waals surface area contributed by atoms with Crippen LogP contribution in [0.1, 0.15) is 16.7 Å². The maximum Gasteiger partial charge on any atom is 0.241 e. The van der Waals surface area contributed by atoms with Gasteiger partial charge in [-0.2, -0.15) is 0 Å². The average molecular weight is 345 g/mol. The van der Waals surface area contributed by atoms with Crippen molar-refractivity contribution in [3.63, 3.8) is 0 Å². The van der Waals surface area contributed by atoms with Gasteiger partial charge in [0.1, 0.15) is 5.75 Å². The summed E-state index contributed by atoms with van der Waals surface area (Å²) < 4.78 is 33.2. The number of imidazole rings is 1. The Balaban J connectivity index is 1.86. The molecule has 0 radical (unpaired) electrons. The summed E-state index contributed by atoms with van der Waals surface area (Å²) in [4.78, 5) is 7.46. The highest BCUT2D eigenvalue weighted by Gasteiger charge is 2.20. The van der Waals surface area contributed by atoms with Crippen molar-refractivity contribution in [3.05, 3.63) is 53.3 Å².